The number of rotatable bonds is 4. The van der Waals surface area contributed by atoms with Crippen LogP contribution in [-0.2, 0) is 13.1 Å². The lowest BCUT2D eigenvalue weighted by Crippen LogP contribution is -2.49. The topological polar surface area (TPSA) is 41.4 Å². The number of nitrogens with zero attached hydrogens (tertiary/aromatic N) is 4. The number of hydrogen-bond acceptors (Lipinski definition) is 4. The number of pyridine rings is 1. The molecule has 1 amide bonds. The molecule has 2 atom stereocenters. The van der Waals surface area contributed by atoms with Crippen LogP contribution in [0.2, 0.25) is 0 Å². The molecule has 5 rings (SSSR count). The van der Waals surface area contributed by atoms with Gasteiger partial charge in [-0.25, -0.2) is 0 Å². The molecule has 3 aromatic rings. The summed E-state index contributed by atoms with van der Waals surface area (Å²) in [5, 5.41) is 4.34. The Hall–Kier alpha value is -2.44. The van der Waals surface area contributed by atoms with E-state index in [2.05, 4.69) is 37.5 Å². The highest BCUT2D eigenvalue weighted by Gasteiger charge is 2.44. The van der Waals surface area contributed by atoms with Gasteiger partial charge in [0.25, 0.3) is 5.91 Å². The first-order valence-electron chi connectivity index (χ1n) is 8.90. The third kappa shape index (κ3) is 2.66. The van der Waals surface area contributed by atoms with Crippen molar-refractivity contribution in [2.75, 3.05) is 13.1 Å². The Bertz CT molecular complexity index is 905. The zero-order chi connectivity index (χ0) is 17.5. The fraction of sp³-hybridized carbons (Fsp3) is 0.300. The van der Waals surface area contributed by atoms with Crippen LogP contribution in [0, 0.1) is 0 Å². The first kappa shape index (κ1) is 15.8. The highest BCUT2D eigenvalue weighted by Crippen LogP contribution is 2.35. The molecule has 26 heavy (non-hydrogen) atoms. The fourth-order valence-corrected chi connectivity index (χ4v) is 4.90. The van der Waals surface area contributed by atoms with Crippen LogP contribution >= 0.6 is 11.3 Å². The van der Waals surface area contributed by atoms with Crippen molar-refractivity contribution in [1.29, 1.82) is 0 Å². The second-order valence-corrected chi connectivity index (χ2v) is 7.84. The van der Waals surface area contributed by atoms with Gasteiger partial charge in [0, 0.05) is 44.8 Å². The standard InChI is InChI=1S/C20H20N4OS/c25-20-17-4-2-7-23(17)18-12-22(10-16-5-8-26-14-16)13-19(18)24(20)11-15-3-1-6-21-9-15/h1-9,14,18-19H,10-13H2/t18-,19-/m1/s1. The lowest BCUT2D eigenvalue weighted by molar-refractivity contribution is 0.0556. The second-order valence-electron chi connectivity index (χ2n) is 7.06. The largest absolute Gasteiger partial charge is 0.337 e. The maximum absolute atomic E-state index is 13.1. The Labute approximate surface area is 156 Å². The Balaban J connectivity index is 1.45. The van der Waals surface area contributed by atoms with Crippen LogP contribution in [0.4, 0.5) is 0 Å². The number of carbonyl (C=O) groups excluding carboxylic acids is 1. The van der Waals surface area contributed by atoms with Crippen molar-refractivity contribution in [3.05, 3.63) is 76.5 Å². The van der Waals surface area contributed by atoms with Gasteiger partial charge in [0.15, 0.2) is 0 Å². The van der Waals surface area contributed by atoms with Gasteiger partial charge in [-0.1, -0.05) is 6.07 Å². The van der Waals surface area contributed by atoms with Gasteiger partial charge in [-0.15, -0.1) is 0 Å². The summed E-state index contributed by atoms with van der Waals surface area (Å²) in [6.07, 6.45) is 5.68. The molecule has 0 aliphatic carbocycles. The maximum atomic E-state index is 13.1. The van der Waals surface area contributed by atoms with E-state index in [4.69, 9.17) is 0 Å². The third-order valence-electron chi connectivity index (χ3n) is 5.41. The molecule has 5 nitrogen and oxygen atoms in total. The number of fused-ring (bicyclic) bond motifs is 3. The number of thiophene rings is 1. The monoisotopic (exact) mass is 364 g/mol. The molecule has 0 aromatic carbocycles. The molecule has 0 unspecified atom stereocenters. The minimum Gasteiger partial charge on any atom is -0.337 e. The van der Waals surface area contributed by atoms with Crippen molar-refractivity contribution < 1.29 is 4.79 Å². The van der Waals surface area contributed by atoms with Crippen molar-refractivity contribution in [3.8, 4) is 0 Å². The zero-order valence-corrected chi connectivity index (χ0v) is 15.2. The minimum atomic E-state index is 0.123. The average Bonchev–Trinajstić information content (AvgIpc) is 3.40. The van der Waals surface area contributed by atoms with Crippen molar-refractivity contribution in [3.63, 3.8) is 0 Å². The van der Waals surface area contributed by atoms with Crippen molar-refractivity contribution in [2.24, 2.45) is 0 Å². The molecule has 1 saturated heterocycles. The molecule has 3 aromatic heterocycles. The van der Waals surface area contributed by atoms with E-state index in [-0.39, 0.29) is 11.9 Å². The summed E-state index contributed by atoms with van der Waals surface area (Å²) in [6.45, 7) is 3.44. The van der Waals surface area contributed by atoms with E-state index in [0.29, 0.717) is 12.6 Å². The Kier molecular flexibility index (Phi) is 3.87. The minimum absolute atomic E-state index is 0.123. The molecule has 0 bridgehead atoms. The predicted molar refractivity (Wildman–Crippen MR) is 101 cm³/mol. The summed E-state index contributed by atoms with van der Waals surface area (Å²) in [4.78, 5) is 21.8. The molecule has 0 radical (unpaired) electrons. The number of carbonyl (C=O) groups is 1. The van der Waals surface area contributed by atoms with Gasteiger partial charge in [0.05, 0.1) is 12.1 Å². The summed E-state index contributed by atoms with van der Waals surface area (Å²) in [7, 11) is 0. The van der Waals surface area contributed by atoms with E-state index >= 15 is 0 Å². The molecule has 6 heteroatoms. The van der Waals surface area contributed by atoms with Gasteiger partial charge in [0.2, 0.25) is 0 Å². The lowest BCUT2D eigenvalue weighted by Gasteiger charge is -2.38. The summed E-state index contributed by atoms with van der Waals surface area (Å²) in [5.74, 6) is 0.123. The predicted octanol–water partition coefficient (Wildman–Crippen LogP) is 3.03. The van der Waals surface area contributed by atoms with E-state index in [0.717, 1.165) is 30.9 Å². The van der Waals surface area contributed by atoms with Crippen LogP contribution in [0.5, 0.6) is 0 Å². The first-order valence-corrected chi connectivity index (χ1v) is 9.84. The van der Waals surface area contributed by atoms with E-state index in [1.807, 2.05) is 35.4 Å². The first-order chi connectivity index (χ1) is 12.8. The molecule has 0 N–H and O–H groups in total. The Morgan fingerprint density at radius 3 is 2.81 bits per heavy atom. The average molecular weight is 364 g/mol. The second kappa shape index (κ2) is 6.37. The molecule has 2 aliphatic rings. The fourth-order valence-electron chi connectivity index (χ4n) is 4.24. The highest BCUT2D eigenvalue weighted by molar-refractivity contribution is 7.07. The van der Waals surface area contributed by atoms with Crippen LogP contribution in [0.15, 0.2) is 59.7 Å². The maximum Gasteiger partial charge on any atom is 0.271 e. The molecular weight excluding hydrogens is 344 g/mol. The van der Waals surface area contributed by atoms with Crippen molar-refractivity contribution >= 4 is 17.2 Å². The van der Waals surface area contributed by atoms with Crippen molar-refractivity contribution in [2.45, 2.75) is 25.2 Å². The number of amides is 1. The Morgan fingerprint density at radius 1 is 1.08 bits per heavy atom. The van der Waals surface area contributed by atoms with Crippen LogP contribution in [-0.4, -0.2) is 44.4 Å². The number of likely N-dealkylation sites (tertiary alicyclic amines) is 1. The van der Waals surface area contributed by atoms with Gasteiger partial charge >= 0.3 is 0 Å². The third-order valence-corrected chi connectivity index (χ3v) is 6.15. The number of hydrogen-bond donors (Lipinski definition) is 0. The van der Waals surface area contributed by atoms with Crippen LogP contribution in [0.25, 0.3) is 0 Å². The van der Waals surface area contributed by atoms with Crippen LogP contribution in [0.1, 0.15) is 27.7 Å². The molecule has 2 aliphatic heterocycles. The quantitative estimate of drug-likeness (QED) is 0.715. The normalized spacial score (nSPS) is 22.5. The van der Waals surface area contributed by atoms with Crippen molar-refractivity contribution in [1.82, 2.24) is 19.4 Å². The summed E-state index contributed by atoms with van der Waals surface area (Å²) in [5.41, 5.74) is 3.23. The Morgan fingerprint density at radius 2 is 2.00 bits per heavy atom. The summed E-state index contributed by atoms with van der Waals surface area (Å²) in [6, 6.07) is 10.6. The molecular formula is C20H20N4OS. The van der Waals surface area contributed by atoms with Crippen LogP contribution in [0.3, 0.4) is 0 Å². The SMILES string of the molecule is O=C1c2cccn2[C@@H]2CN(Cc3ccsc3)C[C@H]2N1Cc1cccnc1. The lowest BCUT2D eigenvalue weighted by atomic mass is 10.0. The smallest absolute Gasteiger partial charge is 0.271 e. The van der Waals surface area contributed by atoms with Gasteiger partial charge in [-0.2, -0.15) is 11.3 Å². The molecule has 1 fully saturated rings. The van der Waals surface area contributed by atoms with E-state index < -0.39 is 0 Å². The molecule has 132 valence electrons. The summed E-state index contributed by atoms with van der Waals surface area (Å²) >= 11 is 1.74. The number of aromatic nitrogens is 2. The van der Waals surface area contributed by atoms with E-state index in [9.17, 15) is 4.79 Å². The van der Waals surface area contributed by atoms with Gasteiger partial charge in [-0.05, 0) is 46.2 Å². The highest BCUT2D eigenvalue weighted by atomic mass is 32.1. The molecule has 5 heterocycles. The van der Waals surface area contributed by atoms with E-state index in [1.165, 1.54) is 5.56 Å². The van der Waals surface area contributed by atoms with Gasteiger partial charge < -0.3 is 9.47 Å². The van der Waals surface area contributed by atoms with Gasteiger partial charge in [0.1, 0.15) is 5.69 Å². The van der Waals surface area contributed by atoms with Gasteiger partial charge in [-0.3, -0.25) is 14.7 Å². The summed E-state index contributed by atoms with van der Waals surface area (Å²) < 4.78 is 2.18. The van der Waals surface area contributed by atoms with E-state index in [1.54, 1.807) is 17.5 Å². The van der Waals surface area contributed by atoms with Crippen LogP contribution < -0.4 is 0 Å². The zero-order valence-electron chi connectivity index (χ0n) is 14.4. The molecule has 0 saturated carbocycles. The molecule has 0 spiro atoms.